The number of thiocarbonyl (C=S) groups is 1. The monoisotopic (exact) mass is 440 g/mol. The Kier molecular flexibility index (Phi) is 6.26. The van der Waals surface area contributed by atoms with Crippen LogP contribution in [0.5, 0.6) is 0 Å². The first kappa shape index (κ1) is 19.9. The Morgan fingerprint density at radius 3 is 2.81 bits per heavy atom. The lowest BCUT2D eigenvalue weighted by atomic mass is 10.2. The minimum absolute atomic E-state index is 0.127. The first-order valence-electron chi connectivity index (χ1n) is 7.85. The molecule has 0 saturated carbocycles. The number of carbonyl (C=O) groups excluding carboxylic acids is 2. The van der Waals surface area contributed by atoms with E-state index in [9.17, 15) is 14.7 Å². The predicted molar refractivity (Wildman–Crippen MR) is 108 cm³/mol. The van der Waals surface area contributed by atoms with E-state index in [0.29, 0.717) is 36.4 Å². The van der Waals surface area contributed by atoms with Gasteiger partial charge in [-0.05, 0) is 43.2 Å². The zero-order valence-electron chi connectivity index (χ0n) is 13.7. The molecule has 2 aromatic rings. The van der Waals surface area contributed by atoms with Gasteiger partial charge in [-0.2, -0.15) is 0 Å². The molecular formula is C18H12Cl2NO4S2-. The van der Waals surface area contributed by atoms with Crippen LogP contribution in [-0.4, -0.2) is 27.6 Å². The third kappa shape index (κ3) is 4.73. The Morgan fingerprint density at radius 1 is 1.30 bits per heavy atom. The summed E-state index contributed by atoms with van der Waals surface area (Å²) in [5.74, 6) is -0.435. The van der Waals surface area contributed by atoms with Crippen molar-refractivity contribution in [3.05, 3.63) is 51.0 Å². The first-order chi connectivity index (χ1) is 12.8. The summed E-state index contributed by atoms with van der Waals surface area (Å²) < 4.78 is 6.15. The van der Waals surface area contributed by atoms with Gasteiger partial charge in [0.05, 0.1) is 9.93 Å². The lowest BCUT2D eigenvalue weighted by molar-refractivity contribution is -0.305. The lowest BCUT2D eigenvalue weighted by Gasteiger charge is -2.14. The second kappa shape index (κ2) is 8.48. The highest BCUT2D eigenvalue weighted by Crippen LogP contribution is 2.35. The number of carboxylic acids is 1. The molecule has 140 valence electrons. The summed E-state index contributed by atoms with van der Waals surface area (Å²) >= 11 is 18.5. The Labute approximate surface area is 174 Å². The van der Waals surface area contributed by atoms with Crippen molar-refractivity contribution in [2.75, 3.05) is 6.54 Å². The number of amides is 1. The van der Waals surface area contributed by atoms with Gasteiger partial charge in [0.2, 0.25) is 0 Å². The molecule has 9 heteroatoms. The number of hydrogen-bond donors (Lipinski definition) is 0. The molecule has 1 saturated heterocycles. The van der Waals surface area contributed by atoms with Gasteiger partial charge in [-0.25, -0.2) is 0 Å². The summed E-state index contributed by atoms with van der Waals surface area (Å²) in [4.78, 5) is 24.8. The van der Waals surface area contributed by atoms with Crippen LogP contribution in [0.4, 0.5) is 0 Å². The fraction of sp³-hybridized carbons (Fsp3) is 0.167. The molecular weight excluding hydrogens is 429 g/mol. The molecule has 1 aromatic heterocycles. The van der Waals surface area contributed by atoms with Gasteiger partial charge < -0.3 is 14.3 Å². The minimum Gasteiger partial charge on any atom is -0.550 e. The van der Waals surface area contributed by atoms with Gasteiger partial charge in [-0.3, -0.25) is 9.69 Å². The highest BCUT2D eigenvalue weighted by molar-refractivity contribution is 8.26. The van der Waals surface area contributed by atoms with Crippen LogP contribution >= 0.6 is 47.2 Å². The van der Waals surface area contributed by atoms with Gasteiger partial charge in [0.15, 0.2) is 0 Å². The largest absolute Gasteiger partial charge is 0.550 e. The molecule has 1 aromatic carbocycles. The fourth-order valence-corrected chi connectivity index (χ4v) is 4.14. The summed E-state index contributed by atoms with van der Waals surface area (Å²) in [6, 6.07) is 8.52. The van der Waals surface area contributed by atoms with Crippen molar-refractivity contribution >= 4 is 69.5 Å². The topological polar surface area (TPSA) is 73.6 Å². The van der Waals surface area contributed by atoms with E-state index in [2.05, 4.69) is 0 Å². The second-order valence-corrected chi connectivity index (χ2v) is 8.15. The number of furan rings is 1. The molecule has 1 amide bonds. The smallest absolute Gasteiger partial charge is 0.266 e. The third-order valence-electron chi connectivity index (χ3n) is 3.73. The number of carbonyl (C=O) groups is 2. The Morgan fingerprint density at radius 2 is 2.07 bits per heavy atom. The number of carboxylic acid groups (broad SMARTS) is 1. The molecule has 27 heavy (non-hydrogen) atoms. The number of thioether (sulfide) groups is 1. The van der Waals surface area contributed by atoms with E-state index < -0.39 is 5.97 Å². The van der Waals surface area contributed by atoms with Gasteiger partial charge in [-0.1, -0.05) is 47.2 Å². The number of rotatable bonds is 6. The maximum atomic E-state index is 12.5. The summed E-state index contributed by atoms with van der Waals surface area (Å²) in [5.41, 5.74) is 0.652. The normalized spacial score (nSPS) is 15.8. The molecule has 5 nitrogen and oxygen atoms in total. The molecule has 0 spiro atoms. The van der Waals surface area contributed by atoms with Crippen LogP contribution in [0.2, 0.25) is 10.0 Å². The van der Waals surface area contributed by atoms with E-state index in [1.54, 1.807) is 36.4 Å². The van der Waals surface area contributed by atoms with Gasteiger partial charge in [0.25, 0.3) is 5.91 Å². The highest BCUT2D eigenvalue weighted by Gasteiger charge is 2.31. The van der Waals surface area contributed by atoms with Crippen LogP contribution in [0.25, 0.3) is 17.4 Å². The fourth-order valence-electron chi connectivity index (χ4n) is 2.46. The van der Waals surface area contributed by atoms with Gasteiger partial charge in [0, 0.05) is 29.2 Å². The quantitative estimate of drug-likeness (QED) is 0.499. The van der Waals surface area contributed by atoms with Crippen LogP contribution in [0.1, 0.15) is 18.6 Å². The molecule has 1 aliphatic heterocycles. The predicted octanol–water partition coefficient (Wildman–Crippen LogP) is 3.98. The molecule has 1 aliphatic rings. The van der Waals surface area contributed by atoms with Gasteiger partial charge in [-0.15, -0.1) is 0 Å². The third-order valence-corrected chi connectivity index (χ3v) is 5.67. The van der Waals surface area contributed by atoms with Gasteiger partial charge >= 0.3 is 0 Å². The zero-order chi connectivity index (χ0) is 19.6. The van der Waals surface area contributed by atoms with E-state index in [1.807, 2.05) is 0 Å². The summed E-state index contributed by atoms with van der Waals surface area (Å²) in [6.45, 7) is 0.234. The van der Waals surface area contributed by atoms with Crippen LogP contribution < -0.4 is 5.11 Å². The Balaban J connectivity index is 1.77. The average molecular weight is 441 g/mol. The van der Waals surface area contributed by atoms with Crippen molar-refractivity contribution in [3.63, 3.8) is 0 Å². The van der Waals surface area contributed by atoms with E-state index >= 15 is 0 Å². The SMILES string of the molecule is O=C([O-])CCCN1C(=O)/C(=C\c2ccc(-c3cc(Cl)ccc3Cl)o2)SC1=S. The molecule has 2 heterocycles. The minimum atomic E-state index is -1.15. The lowest BCUT2D eigenvalue weighted by Crippen LogP contribution is -2.30. The summed E-state index contributed by atoms with van der Waals surface area (Å²) in [6.07, 6.45) is 1.75. The first-order valence-corrected chi connectivity index (χ1v) is 9.83. The number of halogens is 2. The van der Waals surface area contributed by atoms with Crippen molar-refractivity contribution < 1.29 is 19.1 Å². The van der Waals surface area contributed by atoms with Crippen molar-refractivity contribution in [3.8, 4) is 11.3 Å². The number of aliphatic carboxylic acids is 1. The van der Waals surface area contributed by atoms with Crippen molar-refractivity contribution in [1.82, 2.24) is 4.90 Å². The van der Waals surface area contributed by atoms with E-state index in [4.69, 9.17) is 39.8 Å². The molecule has 0 aliphatic carbocycles. The van der Waals surface area contributed by atoms with Crippen molar-refractivity contribution in [2.24, 2.45) is 0 Å². The van der Waals surface area contributed by atoms with Crippen LogP contribution in [0.3, 0.4) is 0 Å². The van der Waals surface area contributed by atoms with Crippen molar-refractivity contribution in [1.29, 1.82) is 0 Å². The van der Waals surface area contributed by atoms with Crippen molar-refractivity contribution in [2.45, 2.75) is 12.8 Å². The summed E-state index contributed by atoms with van der Waals surface area (Å²) in [7, 11) is 0. The highest BCUT2D eigenvalue weighted by atomic mass is 35.5. The van der Waals surface area contributed by atoms with E-state index in [-0.39, 0.29) is 25.3 Å². The molecule has 0 radical (unpaired) electrons. The average Bonchev–Trinajstić information content (AvgIpc) is 3.17. The zero-order valence-corrected chi connectivity index (χ0v) is 16.9. The second-order valence-electron chi connectivity index (χ2n) is 5.64. The number of hydrogen-bond acceptors (Lipinski definition) is 6. The maximum absolute atomic E-state index is 12.5. The summed E-state index contributed by atoms with van der Waals surface area (Å²) in [5, 5.41) is 11.5. The Hall–Kier alpha value is -1.80. The maximum Gasteiger partial charge on any atom is 0.266 e. The molecule has 0 atom stereocenters. The molecule has 0 bridgehead atoms. The molecule has 1 fully saturated rings. The number of nitrogens with zero attached hydrogens (tertiary/aromatic N) is 1. The molecule has 3 rings (SSSR count). The van der Waals surface area contributed by atoms with E-state index in [1.165, 1.54) is 4.90 Å². The van der Waals surface area contributed by atoms with Crippen LogP contribution in [0.15, 0.2) is 39.7 Å². The molecule has 0 unspecified atom stereocenters. The molecule has 0 N–H and O–H groups in total. The van der Waals surface area contributed by atoms with E-state index in [0.717, 1.165) is 11.8 Å². The van der Waals surface area contributed by atoms with Crippen LogP contribution in [0, 0.1) is 0 Å². The van der Waals surface area contributed by atoms with Gasteiger partial charge in [0.1, 0.15) is 15.8 Å². The van der Waals surface area contributed by atoms with Crippen LogP contribution in [-0.2, 0) is 9.59 Å². The number of benzene rings is 1. The Bertz CT molecular complexity index is 955. The standard InChI is InChI=1S/C18H13Cl2NO4S2/c19-10-3-5-13(20)12(8-10)14-6-4-11(25-14)9-15-17(24)21(18(26)27-15)7-1-2-16(22)23/h3-6,8-9H,1-2,7H2,(H,22,23)/p-1/b15-9+.